The normalized spacial score (nSPS) is 22.2. The molecule has 1 fully saturated rings. The van der Waals surface area contributed by atoms with Crippen LogP contribution in [0.2, 0.25) is 0 Å². The Morgan fingerprint density at radius 1 is 1.10 bits per heavy atom. The number of hydrogen-bond donors (Lipinski definition) is 0. The lowest BCUT2D eigenvalue weighted by Gasteiger charge is -2.41. The number of esters is 1. The van der Waals surface area contributed by atoms with Gasteiger partial charge in [-0.3, -0.25) is 4.79 Å². The average molecular weight is 583 g/mol. The largest absolute Gasteiger partial charge is 0.473 e. The van der Waals surface area contributed by atoms with E-state index in [2.05, 4.69) is 4.98 Å². The van der Waals surface area contributed by atoms with E-state index in [4.69, 9.17) is 9.47 Å². The van der Waals surface area contributed by atoms with Crippen LogP contribution in [0.5, 0.6) is 5.88 Å². The summed E-state index contributed by atoms with van der Waals surface area (Å²) in [5.74, 6) is -0.177. The van der Waals surface area contributed by atoms with Gasteiger partial charge in [-0.15, -0.1) is 0 Å². The molecule has 3 aromatic rings. The summed E-state index contributed by atoms with van der Waals surface area (Å²) in [5.41, 5.74) is 1.86. The number of anilines is 2. The Morgan fingerprint density at radius 2 is 1.83 bits per heavy atom. The number of rotatable bonds is 5. The summed E-state index contributed by atoms with van der Waals surface area (Å²) in [7, 11) is 0. The van der Waals surface area contributed by atoms with Crippen LogP contribution in [0.4, 0.5) is 28.9 Å². The standard InChI is InChI=1S/C33H34F4N2O3/c1-31(2,3)42-30(40)29-20-12-18-14-27(38-16-21(18)28(20)29)41-17-19-13-26-23(15-24(19)34)32(4,5)10-11-39(26)25-9-7-6-8-22(25)33(35,36)37/h6-9,13-16,20,28-29H,10-12,17H2,1-5H3/t20-,28-,29+/m1/s1. The predicted molar refractivity (Wildman–Crippen MR) is 150 cm³/mol. The van der Waals surface area contributed by atoms with E-state index >= 15 is 4.39 Å². The summed E-state index contributed by atoms with van der Waals surface area (Å²) in [5, 5.41) is 0. The molecule has 3 atom stereocenters. The number of ether oxygens (including phenoxy) is 2. The molecule has 6 rings (SSSR count). The van der Waals surface area contributed by atoms with Crippen LogP contribution in [0.3, 0.4) is 0 Å². The number of nitrogens with zero attached hydrogens (tertiary/aromatic N) is 2. The smallest absolute Gasteiger partial charge is 0.418 e. The fourth-order valence-electron chi connectivity index (χ4n) is 6.52. The number of benzene rings is 2. The minimum Gasteiger partial charge on any atom is -0.473 e. The lowest BCUT2D eigenvalue weighted by atomic mass is 9.77. The van der Waals surface area contributed by atoms with Gasteiger partial charge in [0.15, 0.2) is 0 Å². The van der Waals surface area contributed by atoms with Gasteiger partial charge in [-0.25, -0.2) is 9.37 Å². The lowest BCUT2D eigenvalue weighted by molar-refractivity contribution is -0.157. The molecule has 5 nitrogen and oxygen atoms in total. The molecule has 2 aliphatic carbocycles. The monoisotopic (exact) mass is 582 g/mol. The van der Waals surface area contributed by atoms with Crippen LogP contribution in [0.25, 0.3) is 0 Å². The van der Waals surface area contributed by atoms with Gasteiger partial charge in [-0.05, 0) is 85.9 Å². The number of pyridine rings is 1. The van der Waals surface area contributed by atoms with Crippen molar-refractivity contribution in [3.05, 3.63) is 82.3 Å². The van der Waals surface area contributed by atoms with E-state index in [1.807, 2.05) is 40.7 Å². The van der Waals surface area contributed by atoms with E-state index in [0.717, 1.165) is 23.6 Å². The van der Waals surface area contributed by atoms with Crippen LogP contribution in [-0.2, 0) is 34.2 Å². The quantitative estimate of drug-likeness (QED) is 0.226. The van der Waals surface area contributed by atoms with Crippen molar-refractivity contribution < 1.29 is 31.8 Å². The zero-order chi connectivity index (χ0) is 30.2. The Morgan fingerprint density at radius 3 is 2.55 bits per heavy atom. The molecule has 0 bridgehead atoms. The molecule has 1 aliphatic heterocycles. The molecular formula is C33H34F4N2O3. The van der Waals surface area contributed by atoms with Gasteiger partial charge in [0, 0.05) is 36.0 Å². The first-order valence-corrected chi connectivity index (χ1v) is 14.3. The van der Waals surface area contributed by atoms with E-state index in [1.54, 1.807) is 23.2 Å². The molecule has 42 heavy (non-hydrogen) atoms. The number of carbonyl (C=O) groups excluding carboxylic acids is 1. The zero-order valence-corrected chi connectivity index (χ0v) is 24.3. The second-order valence-corrected chi connectivity index (χ2v) is 13.2. The minimum atomic E-state index is -4.53. The summed E-state index contributed by atoms with van der Waals surface area (Å²) in [6.07, 6.45) is -1.51. The maximum Gasteiger partial charge on any atom is 0.418 e. The second-order valence-electron chi connectivity index (χ2n) is 13.2. The summed E-state index contributed by atoms with van der Waals surface area (Å²) in [6, 6.07) is 10.3. The first kappa shape index (κ1) is 28.5. The van der Waals surface area contributed by atoms with Crippen LogP contribution in [0.1, 0.15) is 74.8 Å². The molecule has 0 saturated heterocycles. The van der Waals surface area contributed by atoms with E-state index in [-0.39, 0.29) is 41.6 Å². The number of aromatic nitrogens is 1. The molecule has 2 aromatic carbocycles. The fraction of sp³-hybridized carbons (Fsp3) is 0.455. The van der Waals surface area contributed by atoms with Gasteiger partial charge in [-0.1, -0.05) is 26.0 Å². The number of fused-ring (bicyclic) bond motifs is 4. The van der Waals surface area contributed by atoms with Gasteiger partial charge in [0.1, 0.15) is 18.0 Å². The highest BCUT2D eigenvalue weighted by molar-refractivity contribution is 5.80. The third-order valence-corrected chi connectivity index (χ3v) is 8.68. The number of halogens is 4. The van der Waals surface area contributed by atoms with Crippen LogP contribution < -0.4 is 9.64 Å². The van der Waals surface area contributed by atoms with Gasteiger partial charge < -0.3 is 14.4 Å². The molecule has 222 valence electrons. The molecule has 3 aliphatic rings. The molecule has 0 radical (unpaired) electrons. The fourth-order valence-corrected chi connectivity index (χ4v) is 6.52. The predicted octanol–water partition coefficient (Wildman–Crippen LogP) is 7.87. The summed E-state index contributed by atoms with van der Waals surface area (Å²) >= 11 is 0. The van der Waals surface area contributed by atoms with Crippen LogP contribution in [-0.4, -0.2) is 23.1 Å². The molecule has 1 saturated carbocycles. The summed E-state index contributed by atoms with van der Waals surface area (Å²) in [6.45, 7) is 9.74. The van der Waals surface area contributed by atoms with Crippen molar-refractivity contribution in [1.29, 1.82) is 0 Å². The Labute approximate surface area is 242 Å². The highest BCUT2D eigenvalue weighted by Crippen LogP contribution is 2.62. The van der Waals surface area contributed by atoms with E-state index < -0.39 is 28.6 Å². The minimum absolute atomic E-state index is 0.0452. The van der Waals surface area contributed by atoms with Crippen molar-refractivity contribution in [2.45, 2.75) is 77.2 Å². The van der Waals surface area contributed by atoms with Crippen molar-refractivity contribution in [3.8, 4) is 5.88 Å². The van der Waals surface area contributed by atoms with Gasteiger partial charge in [0.05, 0.1) is 17.2 Å². The second kappa shape index (κ2) is 9.71. The highest BCUT2D eigenvalue weighted by atomic mass is 19.4. The Kier molecular flexibility index (Phi) is 6.59. The highest BCUT2D eigenvalue weighted by Gasteiger charge is 2.61. The molecule has 9 heteroatoms. The van der Waals surface area contributed by atoms with Gasteiger partial charge in [0.25, 0.3) is 0 Å². The number of alkyl halides is 3. The average Bonchev–Trinajstić information content (AvgIpc) is 3.48. The third kappa shape index (κ3) is 5.11. The van der Waals surface area contributed by atoms with E-state index in [0.29, 0.717) is 30.1 Å². The molecule has 2 heterocycles. The van der Waals surface area contributed by atoms with Crippen LogP contribution >= 0.6 is 0 Å². The lowest BCUT2D eigenvalue weighted by Crippen LogP contribution is -2.35. The van der Waals surface area contributed by atoms with Crippen LogP contribution in [0, 0.1) is 17.7 Å². The molecule has 0 N–H and O–H groups in total. The summed E-state index contributed by atoms with van der Waals surface area (Å²) < 4.78 is 68.6. The maximum absolute atomic E-state index is 15.4. The Hall–Kier alpha value is -3.62. The number of hydrogen-bond acceptors (Lipinski definition) is 5. The van der Waals surface area contributed by atoms with Gasteiger partial charge in [0.2, 0.25) is 5.88 Å². The van der Waals surface area contributed by atoms with Crippen molar-refractivity contribution in [2.24, 2.45) is 11.8 Å². The topological polar surface area (TPSA) is 51.7 Å². The first-order valence-electron chi connectivity index (χ1n) is 14.3. The number of para-hydroxylation sites is 1. The molecule has 0 amide bonds. The van der Waals surface area contributed by atoms with E-state index in [9.17, 15) is 18.0 Å². The van der Waals surface area contributed by atoms with Crippen LogP contribution in [0.15, 0.2) is 48.7 Å². The summed E-state index contributed by atoms with van der Waals surface area (Å²) in [4.78, 5) is 18.6. The van der Waals surface area contributed by atoms with Crippen molar-refractivity contribution in [2.75, 3.05) is 11.4 Å². The van der Waals surface area contributed by atoms with Gasteiger partial charge >= 0.3 is 12.1 Å². The molecule has 1 aromatic heterocycles. The van der Waals surface area contributed by atoms with Gasteiger partial charge in [-0.2, -0.15) is 13.2 Å². The molecule has 0 unspecified atom stereocenters. The molecule has 0 spiro atoms. The third-order valence-electron chi connectivity index (χ3n) is 8.68. The number of carbonyl (C=O) groups is 1. The Bertz CT molecular complexity index is 1560. The SMILES string of the molecule is CC(C)(C)OC(=O)[C@H]1[C@@H]2Cc3cc(OCc4cc5c(cc4F)C(C)(C)CCN5c4ccccc4C(F)(F)F)ncc3[C@@H]21. The van der Waals surface area contributed by atoms with Crippen molar-refractivity contribution in [1.82, 2.24) is 4.98 Å². The Balaban J connectivity index is 1.23. The maximum atomic E-state index is 15.4. The first-order chi connectivity index (χ1) is 19.6. The van der Waals surface area contributed by atoms with E-state index in [1.165, 1.54) is 18.2 Å². The van der Waals surface area contributed by atoms with Crippen molar-refractivity contribution in [3.63, 3.8) is 0 Å². The zero-order valence-electron chi connectivity index (χ0n) is 24.3. The molecular weight excluding hydrogens is 548 g/mol. The van der Waals surface area contributed by atoms with Crippen molar-refractivity contribution >= 4 is 17.3 Å².